The molecule has 28 heavy (non-hydrogen) atoms. The van der Waals surface area contributed by atoms with Crippen LogP contribution in [0.1, 0.15) is 22.0 Å². The van der Waals surface area contributed by atoms with Gasteiger partial charge in [0.05, 0.1) is 11.4 Å². The Morgan fingerprint density at radius 3 is 2.29 bits per heavy atom. The highest BCUT2D eigenvalue weighted by Gasteiger charge is 2.27. The monoisotopic (exact) mass is 401 g/mol. The maximum absolute atomic E-state index is 13.6. The second-order valence-electron chi connectivity index (χ2n) is 5.71. The molecule has 0 bridgehead atoms. The fourth-order valence-electron chi connectivity index (χ4n) is 2.34. The molecule has 0 atom stereocenters. The summed E-state index contributed by atoms with van der Waals surface area (Å²) in [5.41, 5.74) is 1.01. The van der Waals surface area contributed by atoms with Crippen molar-refractivity contribution in [3.05, 3.63) is 64.6 Å². The van der Waals surface area contributed by atoms with Crippen molar-refractivity contribution in [2.24, 2.45) is 7.05 Å². The van der Waals surface area contributed by atoms with E-state index in [0.29, 0.717) is 11.4 Å². The summed E-state index contributed by atoms with van der Waals surface area (Å²) in [5.74, 6) is -13.0. The Morgan fingerprint density at radius 1 is 1.11 bits per heavy atom. The zero-order valence-corrected chi connectivity index (χ0v) is 14.4. The van der Waals surface area contributed by atoms with Gasteiger partial charge in [-0.05, 0) is 19.1 Å². The van der Waals surface area contributed by atoms with E-state index in [2.05, 4.69) is 15.2 Å². The molecular formula is C17H12F5N3O3. The summed E-state index contributed by atoms with van der Waals surface area (Å²) in [6.07, 6.45) is 1.57. The van der Waals surface area contributed by atoms with Gasteiger partial charge in [0, 0.05) is 13.2 Å². The van der Waals surface area contributed by atoms with Gasteiger partial charge in [0.25, 0.3) is 5.91 Å². The molecule has 2 aromatic heterocycles. The first-order valence-corrected chi connectivity index (χ1v) is 7.73. The van der Waals surface area contributed by atoms with E-state index in [9.17, 15) is 26.7 Å². The van der Waals surface area contributed by atoms with E-state index in [4.69, 9.17) is 4.42 Å². The van der Waals surface area contributed by atoms with Gasteiger partial charge in [0.15, 0.2) is 11.5 Å². The van der Waals surface area contributed by atoms with Crippen LogP contribution in [0.15, 0.2) is 22.7 Å². The molecule has 1 amide bonds. The van der Waals surface area contributed by atoms with Crippen molar-refractivity contribution in [2.75, 3.05) is 5.32 Å². The van der Waals surface area contributed by atoms with E-state index in [1.165, 1.54) is 16.8 Å². The highest BCUT2D eigenvalue weighted by Crippen LogP contribution is 2.29. The van der Waals surface area contributed by atoms with Crippen LogP contribution in [0, 0.1) is 36.0 Å². The smallest absolute Gasteiger partial charge is 0.291 e. The van der Waals surface area contributed by atoms with Gasteiger partial charge in [-0.25, -0.2) is 13.2 Å². The zero-order chi connectivity index (χ0) is 20.6. The average molecular weight is 401 g/mol. The number of anilines is 1. The molecule has 0 unspecified atom stereocenters. The summed E-state index contributed by atoms with van der Waals surface area (Å²) in [4.78, 5) is 12.2. The number of hydrogen-bond donors (Lipinski definition) is 1. The topological polar surface area (TPSA) is 69.3 Å². The van der Waals surface area contributed by atoms with E-state index in [-0.39, 0.29) is 11.5 Å². The molecule has 0 saturated heterocycles. The number of carbonyl (C=O) groups is 1. The second kappa shape index (κ2) is 7.33. The Hall–Kier alpha value is -3.37. The fraction of sp³-hybridized carbons (Fsp3) is 0.176. The highest BCUT2D eigenvalue weighted by molar-refractivity contribution is 6.02. The van der Waals surface area contributed by atoms with Crippen LogP contribution < -0.4 is 10.1 Å². The lowest BCUT2D eigenvalue weighted by atomic mass is 10.2. The zero-order valence-electron chi connectivity index (χ0n) is 14.4. The Morgan fingerprint density at radius 2 is 1.71 bits per heavy atom. The van der Waals surface area contributed by atoms with Crippen LogP contribution >= 0.6 is 0 Å². The van der Waals surface area contributed by atoms with E-state index in [1.54, 1.807) is 20.2 Å². The second-order valence-corrected chi connectivity index (χ2v) is 5.71. The van der Waals surface area contributed by atoms with Gasteiger partial charge in [0.1, 0.15) is 12.4 Å². The largest absolute Gasteiger partial charge is 0.479 e. The normalized spacial score (nSPS) is 11.0. The molecule has 11 heteroatoms. The van der Waals surface area contributed by atoms with Crippen LogP contribution in [0.25, 0.3) is 0 Å². The number of hydrogen-bond acceptors (Lipinski definition) is 4. The molecule has 3 rings (SSSR count). The summed E-state index contributed by atoms with van der Waals surface area (Å²) < 4.78 is 77.8. The quantitative estimate of drug-likeness (QED) is 0.401. The average Bonchev–Trinajstić information content (AvgIpc) is 3.24. The number of halogens is 5. The van der Waals surface area contributed by atoms with E-state index in [1.807, 2.05) is 0 Å². The molecule has 148 valence electrons. The van der Waals surface area contributed by atoms with Gasteiger partial charge in [-0.15, -0.1) is 0 Å². The van der Waals surface area contributed by atoms with Crippen molar-refractivity contribution in [1.82, 2.24) is 9.78 Å². The molecule has 1 aromatic carbocycles. The van der Waals surface area contributed by atoms with Crippen molar-refractivity contribution in [3.8, 4) is 5.75 Å². The van der Waals surface area contributed by atoms with Crippen LogP contribution in [-0.2, 0) is 13.7 Å². The maximum atomic E-state index is 13.6. The number of furan rings is 1. The van der Waals surface area contributed by atoms with Gasteiger partial charge in [-0.2, -0.15) is 13.9 Å². The van der Waals surface area contributed by atoms with Gasteiger partial charge >= 0.3 is 0 Å². The van der Waals surface area contributed by atoms with Crippen LogP contribution in [0.3, 0.4) is 0 Å². The number of aryl methyl sites for hydroxylation is 2. The van der Waals surface area contributed by atoms with Crippen LogP contribution in [0.2, 0.25) is 0 Å². The number of nitrogens with one attached hydrogen (secondary N) is 1. The first-order chi connectivity index (χ1) is 13.2. The van der Waals surface area contributed by atoms with Crippen molar-refractivity contribution in [1.29, 1.82) is 0 Å². The Bertz CT molecular complexity index is 1030. The third kappa shape index (κ3) is 3.55. The van der Waals surface area contributed by atoms with E-state index in [0.717, 1.165) is 0 Å². The van der Waals surface area contributed by atoms with Gasteiger partial charge in [0.2, 0.25) is 29.1 Å². The molecule has 0 spiro atoms. The predicted molar refractivity (Wildman–Crippen MR) is 85.2 cm³/mol. The molecule has 0 aliphatic heterocycles. The molecule has 1 N–H and O–H groups in total. The van der Waals surface area contributed by atoms with Gasteiger partial charge in [-0.1, -0.05) is 0 Å². The van der Waals surface area contributed by atoms with Crippen LogP contribution in [-0.4, -0.2) is 15.7 Å². The molecule has 0 saturated carbocycles. The van der Waals surface area contributed by atoms with Crippen molar-refractivity contribution in [2.45, 2.75) is 13.5 Å². The molecule has 0 fully saturated rings. The molecular weight excluding hydrogens is 389 g/mol. The van der Waals surface area contributed by atoms with Gasteiger partial charge in [-0.3, -0.25) is 9.48 Å². The summed E-state index contributed by atoms with van der Waals surface area (Å²) in [5, 5.41) is 6.61. The number of ether oxygens (including phenoxy) is 1. The summed E-state index contributed by atoms with van der Waals surface area (Å²) >= 11 is 0. The predicted octanol–water partition coefficient (Wildman–Crippen LogP) is 3.85. The van der Waals surface area contributed by atoms with E-state index >= 15 is 0 Å². The number of amides is 1. The standard InChI is InChI=1S/C17H12F5N3O3/c1-7-9(5-25(2)24-7)23-17(26)10-4-3-8(28-10)6-27-16-14(21)12(19)11(18)13(20)15(16)22/h3-5H,6H2,1-2H3,(H,23,26). The van der Waals surface area contributed by atoms with Crippen molar-refractivity contribution >= 4 is 11.6 Å². The fourth-order valence-corrected chi connectivity index (χ4v) is 2.34. The lowest BCUT2D eigenvalue weighted by Crippen LogP contribution is -2.11. The van der Waals surface area contributed by atoms with Crippen LogP contribution in [0.4, 0.5) is 27.6 Å². The Kier molecular flexibility index (Phi) is 5.08. The molecule has 3 aromatic rings. The van der Waals surface area contributed by atoms with Crippen molar-refractivity contribution < 1.29 is 35.9 Å². The number of nitrogens with zero attached hydrogens (tertiary/aromatic N) is 2. The minimum absolute atomic E-state index is 0.0722. The number of aromatic nitrogens is 2. The first-order valence-electron chi connectivity index (χ1n) is 7.73. The minimum atomic E-state index is -2.29. The number of rotatable bonds is 5. The third-order valence-corrected chi connectivity index (χ3v) is 3.68. The highest BCUT2D eigenvalue weighted by atomic mass is 19.2. The number of carbonyl (C=O) groups excluding carboxylic acids is 1. The lowest BCUT2D eigenvalue weighted by Gasteiger charge is -2.09. The number of benzene rings is 1. The summed E-state index contributed by atoms with van der Waals surface area (Å²) in [6.45, 7) is 1.01. The summed E-state index contributed by atoms with van der Waals surface area (Å²) in [7, 11) is 1.67. The maximum Gasteiger partial charge on any atom is 0.291 e. The minimum Gasteiger partial charge on any atom is -0.479 e. The first kappa shape index (κ1) is 19.4. The molecule has 0 aliphatic carbocycles. The van der Waals surface area contributed by atoms with E-state index < -0.39 is 47.3 Å². The van der Waals surface area contributed by atoms with Gasteiger partial charge < -0.3 is 14.5 Å². The SMILES string of the molecule is Cc1nn(C)cc1NC(=O)c1ccc(COc2c(F)c(F)c(F)c(F)c2F)o1. The van der Waals surface area contributed by atoms with Crippen LogP contribution in [0.5, 0.6) is 5.75 Å². The Balaban J connectivity index is 1.72. The molecule has 2 heterocycles. The third-order valence-electron chi connectivity index (χ3n) is 3.68. The Labute approximate surface area is 154 Å². The lowest BCUT2D eigenvalue weighted by molar-refractivity contribution is 0.0992. The van der Waals surface area contributed by atoms with Crippen molar-refractivity contribution in [3.63, 3.8) is 0 Å². The molecule has 0 aliphatic rings. The molecule has 6 nitrogen and oxygen atoms in total. The molecule has 0 radical (unpaired) electrons. The summed E-state index contributed by atoms with van der Waals surface area (Å²) in [6, 6.07) is 2.52.